The zero-order chi connectivity index (χ0) is 29.5. The average molecular weight is 573 g/mol. The van der Waals surface area contributed by atoms with E-state index in [0.717, 1.165) is 60.7 Å². The molecule has 1 fully saturated rings. The van der Waals surface area contributed by atoms with Gasteiger partial charge >= 0.3 is 5.97 Å². The molecule has 3 unspecified atom stereocenters. The Kier molecular flexibility index (Phi) is 7.15. The van der Waals surface area contributed by atoms with Gasteiger partial charge in [0.05, 0.1) is 23.3 Å². The fourth-order valence-electron chi connectivity index (χ4n) is 6.72. The Labute approximate surface area is 251 Å². The third-order valence-corrected chi connectivity index (χ3v) is 9.05. The summed E-state index contributed by atoms with van der Waals surface area (Å²) in [5.41, 5.74) is 9.13. The van der Waals surface area contributed by atoms with Crippen LogP contribution in [0.1, 0.15) is 70.0 Å². The van der Waals surface area contributed by atoms with Gasteiger partial charge in [-0.1, -0.05) is 73.2 Å². The maximum atomic E-state index is 12.2. The normalized spacial score (nSPS) is 20.0. The van der Waals surface area contributed by atoms with Crippen LogP contribution in [0.5, 0.6) is 0 Å². The van der Waals surface area contributed by atoms with Gasteiger partial charge in [-0.25, -0.2) is 9.48 Å². The molecular weight excluding hydrogens is 536 g/mol. The zero-order valence-electron chi connectivity index (χ0n) is 24.6. The first kappa shape index (κ1) is 27.3. The second kappa shape index (κ2) is 11.3. The smallest absolute Gasteiger partial charge is 0.339 e. The van der Waals surface area contributed by atoms with Gasteiger partial charge < -0.3 is 5.11 Å². The van der Waals surface area contributed by atoms with Crippen molar-refractivity contribution in [3.05, 3.63) is 119 Å². The number of carbonyl (C=O) groups is 1. The van der Waals surface area contributed by atoms with Crippen LogP contribution in [0.25, 0.3) is 16.8 Å². The van der Waals surface area contributed by atoms with Crippen molar-refractivity contribution in [2.24, 2.45) is 13.0 Å². The first-order valence-electron chi connectivity index (χ1n) is 15.1. The van der Waals surface area contributed by atoms with Gasteiger partial charge in [0, 0.05) is 44.7 Å². The molecule has 1 saturated carbocycles. The maximum absolute atomic E-state index is 12.2. The van der Waals surface area contributed by atoms with Crippen molar-refractivity contribution in [3.8, 4) is 16.8 Å². The van der Waals surface area contributed by atoms with Crippen LogP contribution >= 0.6 is 0 Å². The number of fused-ring (bicyclic) bond motifs is 1. The second-order valence-electron chi connectivity index (χ2n) is 12.1. The van der Waals surface area contributed by atoms with Crippen molar-refractivity contribution in [2.75, 3.05) is 6.54 Å². The van der Waals surface area contributed by atoms with Crippen LogP contribution in [0, 0.1) is 5.92 Å². The largest absolute Gasteiger partial charge is 0.478 e. The molecule has 3 heterocycles. The summed E-state index contributed by atoms with van der Waals surface area (Å²) in [4.78, 5) is 14.8. The lowest BCUT2D eigenvalue weighted by Crippen LogP contribution is -2.27. The fraction of sp³-hybridized carbons (Fsp3) is 0.314. The van der Waals surface area contributed by atoms with Crippen LogP contribution in [-0.4, -0.2) is 47.3 Å². The lowest BCUT2D eigenvalue weighted by Gasteiger charge is -2.24. The van der Waals surface area contributed by atoms with E-state index in [1.54, 1.807) is 9.36 Å². The molecule has 2 aromatic heterocycles. The van der Waals surface area contributed by atoms with E-state index >= 15 is 0 Å². The number of aromatic carboxylic acids is 1. The highest BCUT2D eigenvalue weighted by Crippen LogP contribution is 2.55. The maximum Gasteiger partial charge on any atom is 0.339 e. The first-order valence-corrected chi connectivity index (χ1v) is 15.1. The van der Waals surface area contributed by atoms with Crippen LogP contribution in [0.3, 0.4) is 0 Å². The van der Waals surface area contributed by atoms with Crippen LogP contribution in [0.4, 0.5) is 0 Å². The van der Waals surface area contributed by atoms with Crippen LogP contribution in [0.15, 0.2) is 85.2 Å². The van der Waals surface area contributed by atoms with Crippen LogP contribution in [-0.2, 0) is 26.6 Å². The van der Waals surface area contributed by atoms with Gasteiger partial charge in [0.1, 0.15) is 5.56 Å². The van der Waals surface area contributed by atoms with Gasteiger partial charge in [0.2, 0.25) is 0 Å². The Morgan fingerprint density at radius 3 is 2.53 bits per heavy atom. The highest BCUT2D eigenvalue weighted by Gasteiger charge is 2.46. The Balaban J connectivity index is 1.16. The molecule has 5 aromatic rings. The minimum Gasteiger partial charge on any atom is -0.478 e. The van der Waals surface area contributed by atoms with Gasteiger partial charge in [-0.05, 0) is 64.8 Å². The lowest BCUT2D eigenvalue weighted by atomic mass is 9.95. The summed E-state index contributed by atoms with van der Waals surface area (Å²) in [6, 6.07) is 25.9. The van der Waals surface area contributed by atoms with Crippen molar-refractivity contribution in [1.82, 2.24) is 29.7 Å². The Morgan fingerprint density at radius 1 is 0.977 bits per heavy atom. The number of carboxylic acids is 1. The molecule has 0 amide bonds. The average Bonchev–Trinajstić information content (AvgIpc) is 3.53. The number of hydrogen-bond donors (Lipinski definition) is 1. The van der Waals surface area contributed by atoms with Crippen LogP contribution in [0.2, 0.25) is 0 Å². The lowest BCUT2D eigenvalue weighted by molar-refractivity contribution is 0.0695. The summed E-state index contributed by atoms with van der Waals surface area (Å²) in [6.45, 7) is 5.26. The molecule has 1 aliphatic heterocycles. The van der Waals surface area contributed by atoms with Crippen molar-refractivity contribution >= 4 is 5.97 Å². The van der Waals surface area contributed by atoms with Gasteiger partial charge in [-0.2, -0.15) is 5.10 Å². The molecule has 0 radical (unpaired) electrons. The Morgan fingerprint density at radius 2 is 1.77 bits per heavy atom. The minimum atomic E-state index is -0.962. The Bertz CT molecular complexity index is 1790. The second-order valence-corrected chi connectivity index (χ2v) is 12.1. The van der Waals surface area contributed by atoms with E-state index < -0.39 is 5.97 Å². The molecule has 0 bridgehead atoms. The van der Waals surface area contributed by atoms with Gasteiger partial charge in [-0.3, -0.25) is 9.58 Å². The number of rotatable bonds is 8. The molecule has 218 valence electrons. The molecule has 7 rings (SSSR count). The molecule has 8 nitrogen and oxygen atoms in total. The molecule has 8 heteroatoms. The third-order valence-electron chi connectivity index (χ3n) is 9.05. The monoisotopic (exact) mass is 572 g/mol. The summed E-state index contributed by atoms with van der Waals surface area (Å²) in [5.74, 6) is -0.137. The quantitative estimate of drug-likeness (QED) is 0.237. The summed E-state index contributed by atoms with van der Waals surface area (Å²) in [6.07, 6.45) is 6.53. The molecule has 2 aliphatic rings. The van der Waals surface area contributed by atoms with Gasteiger partial charge in [-0.15, -0.1) is 5.10 Å². The molecule has 1 aliphatic carbocycles. The molecule has 3 aromatic carbocycles. The fourth-order valence-corrected chi connectivity index (χ4v) is 6.72. The topological polar surface area (TPSA) is 89.1 Å². The zero-order valence-corrected chi connectivity index (χ0v) is 24.6. The van der Waals surface area contributed by atoms with E-state index in [1.807, 2.05) is 25.4 Å². The van der Waals surface area contributed by atoms with Crippen molar-refractivity contribution in [3.63, 3.8) is 0 Å². The SMILES string of the molecule is CCC1Cc2ccccc2CN(Cc2cccc(-c3cccc(-n4ncc(C(=O)O)c4C4CC4c4cn(C)nn4)c3)c2)C1. The predicted octanol–water partition coefficient (Wildman–Crippen LogP) is 6.22. The standard InChI is InChI=1S/C35H36N6O2/c1-3-23-14-26-9-4-5-10-28(26)21-40(19-23)20-24-8-6-11-25(15-24)27-12-7-13-29(16-27)41-34(32(18-36-41)35(42)43)31-17-30(31)33-22-39(2)38-37-33/h4-13,15-16,18,22-23,30-31H,3,14,17,19-21H2,1-2H3,(H,42,43). The van der Waals surface area contributed by atoms with Crippen molar-refractivity contribution in [1.29, 1.82) is 0 Å². The van der Waals surface area contributed by atoms with E-state index in [2.05, 4.69) is 87.9 Å². The number of nitrogens with zero attached hydrogens (tertiary/aromatic N) is 6. The first-order chi connectivity index (χ1) is 21.0. The third kappa shape index (κ3) is 5.50. The molecule has 43 heavy (non-hydrogen) atoms. The molecule has 3 atom stereocenters. The van der Waals surface area contributed by atoms with Gasteiger partial charge in [0.25, 0.3) is 0 Å². The predicted molar refractivity (Wildman–Crippen MR) is 165 cm³/mol. The van der Waals surface area contributed by atoms with Crippen molar-refractivity contribution in [2.45, 2.75) is 51.1 Å². The molecular formula is C35H36N6O2. The highest BCUT2D eigenvalue weighted by molar-refractivity contribution is 5.89. The molecule has 0 saturated heterocycles. The highest BCUT2D eigenvalue weighted by atomic mass is 16.4. The van der Waals surface area contributed by atoms with E-state index in [0.29, 0.717) is 5.92 Å². The van der Waals surface area contributed by atoms with Crippen molar-refractivity contribution < 1.29 is 9.90 Å². The van der Waals surface area contributed by atoms with E-state index in [-0.39, 0.29) is 17.4 Å². The number of carboxylic acid groups (broad SMARTS) is 1. The van der Waals surface area contributed by atoms with E-state index in [4.69, 9.17) is 0 Å². The number of aromatic nitrogens is 5. The van der Waals surface area contributed by atoms with E-state index in [1.165, 1.54) is 29.3 Å². The summed E-state index contributed by atoms with van der Waals surface area (Å²) >= 11 is 0. The summed E-state index contributed by atoms with van der Waals surface area (Å²) < 4.78 is 3.49. The Hall–Kier alpha value is -4.56. The van der Waals surface area contributed by atoms with Gasteiger partial charge in [0.15, 0.2) is 0 Å². The summed E-state index contributed by atoms with van der Waals surface area (Å²) in [5, 5.41) is 22.9. The van der Waals surface area contributed by atoms with Crippen LogP contribution < -0.4 is 0 Å². The molecule has 1 N–H and O–H groups in total. The summed E-state index contributed by atoms with van der Waals surface area (Å²) in [7, 11) is 1.84. The number of benzene rings is 3. The molecule has 0 spiro atoms. The number of aryl methyl sites for hydroxylation is 1. The number of hydrogen-bond acceptors (Lipinski definition) is 5. The van der Waals surface area contributed by atoms with E-state index in [9.17, 15) is 9.90 Å². The minimum absolute atomic E-state index is 0.0305.